The van der Waals surface area contributed by atoms with Crippen LogP contribution < -0.4 is 10.5 Å². The van der Waals surface area contributed by atoms with Crippen LogP contribution in [0.25, 0.3) is 0 Å². The van der Waals surface area contributed by atoms with E-state index in [-0.39, 0.29) is 0 Å². The summed E-state index contributed by atoms with van der Waals surface area (Å²) in [6.07, 6.45) is 5.23. The Bertz CT molecular complexity index is 449. The van der Waals surface area contributed by atoms with Gasteiger partial charge in [-0.3, -0.25) is 0 Å². The second-order valence-corrected chi connectivity index (χ2v) is 6.31. The molecule has 0 bridgehead atoms. The molecule has 2 nitrogen and oxygen atoms in total. The molecule has 0 heterocycles. The Morgan fingerprint density at radius 1 is 1.44 bits per heavy atom. The van der Waals surface area contributed by atoms with Crippen LogP contribution in [0.3, 0.4) is 0 Å². The van der Waals surface area contributed by atoms with Gasteiger partial charge in [0.2, 0.25) is 0 Å². The summed E-state index contributed by atoms with van der Waals surface area (Å²) in [5.74, 6) is 1.66. The molecule has 2 atom stereocenters. The maximum absolute atomic E-state index is 6.03. The Hall–Kier alpha value is -0.610. The number of ether oxygens (including phenoxy) is 1. The minimum atomic E-state index is 0.344. The van der Waals surface area contributed by atoms with E-state index in [9.17, 15) is 0 Å². The van der Waals surface area contributed by atoms with E-state index in [1.54, 1.807) is 0 Å². The first-order valence-corrected chi connectivity index (χ1v) is 7.52. The lowest BCUT2D eigenvalue weighted by Crippen LogP contribution is -2.24. The fourth-order valence-electron chi connectivity index (χ4n) is 2.45. The molecule has 18 heavy (non-hydrogen) atoms. The lowest BCUT2D eigenvalue weighted by atomic mass is 9.89. The number of benzene rings is 1. The van der Waals surface area contributed by atoms with Gasteiger partial charge < -0.3 is 10.5 Å². The molecule has 0 radical (unpaired) electrons. The van der Waals surface area contributed by atoms with Crippen molar-refractivity contribution in [3.63, 3.8) is 0 Å². The minimum absolute atomic E-state index is 0.344. The van der Waals surface area contributed by atoms with Crippen LogP contribution in [-0.2, 0) is 0 Å². The Morgan fingerprint density at radius 2 is 2.22 bits per heavy atom. The zero-order chi connectivity index (χ0) is 13.1. The maximum Gasteiger partial charge on any atom is 0.120 e. The Balaban J connectivity index is 2.05. The van der Waals surface area contributed by atoms with Gasteiger partial charge in [-0.1, -0.05) is 25.6 Å². The summed E-state index contributed by atoms with van der Waals surface area (Å²) in [7, 11) is 0. The standard InChI is InChI=1S/C14H18BrNOS/c1-9-3-2-4-10(7-9)17-11-5-6-12(14(16)18)13(15)8-11/h5-6,8-10H,2-4,7H2,1H3,(H2,16,18). The average Bonchev–Trinajstić information content (AvgIpc) is 2.28. The fraction of sp³-hybridized carbons (Fsp3) is 0.500. The first-order chi connectivity index (χ1) is 8.56. The van der Waals surface area contributed by atoms with Gasteiger partial charge in [0.25, 0.3) is 0 Å². The highest BCUT2D eigenvalue weighted by molar-refractivity contribution is 9.10. The summed E-state index contributed by atoms with van der Waals surface area (Å²) in [5, 5.41) is 0. The van der Waals surface area contributed by atoms with Crippen molar-refractivity contribution >= 4 is 33.1 Å². The van der Waals surface area contributed by atoms with E-state index in [1.807, 2.05) is 18.2 Å². The van der Waals surface area contributed by atoms with E-state index in [4.69, 9.17) is 22.7 Å². The molecule has 2 unspecified atom stereocenters. The lowest BCUT2D eigenvalue weighted by Gasteiger charge is -2.27. The van der Waals surface area contributed by atoms with Crippen molar-refractivity contribution in [3.05, 3.63) is 28.2 Å². The number of hydrogen-bond donors (Lipinski definition) is 1. The first-order valence-electron chi connectivity index (χ1n) is 6.32. The zero-order valence-electron chi connectivity index (χ0n) is 10.5. The number of halogens is 1. The van der Waals surface area contributed by atoms with Crippen molar-refractivity contribution in [1.29, 1.82) is 0 Å². The van der Waals surface area contributed by atoms with E-state index in [2.05, 4.69) is 22.9 Å². The van der Waals surface area contributed by atoms with E-state index in [0.29, 0.717) is 11.1 Å². The van der Waals surface area contributed by atoms with E-state index in [0.717, 1.165) is 34.5 Å². The molecule has 2 rings (SSSR count). The summed E-state index contributed by atoms with van der Waals surface area (Å²) in [4.78, 5) is 0.403. The van der Waals surface area contributed by atoms with E-state index in [1.165, 1.54) is 12.8 Å². The molecule has 0 spiro atoms. The van der Waals surface area contributed by atoms with Crippen molar-refractivity contribution in [1.82, 2.24) is 0 Å². The van der Waals surface area contributed by atoms with Crippen molar-refractivity contribution in [2.24, 2.45) is 11.7 Å². The van der Waals surface area contributed by atoms with Crippen molar-refractivity contribution < 1.29 is 4.74 Å². The number of hydrogen-bond acceptors (Lipinski definition) is 2. The largest absolute Gasteiger partial charge is 0.490 e. The van der Waals surface area contributed by atoms with Crippen LogP contribution in [0.1, 0.15) is 38.2 Å². The molecule has 0 amide bonds. The number of rotatable bonds is 3. The third-order valence-electron chi connectivity index (χ3n) is 3.40. The maximum atomic E-state index is 6.03. The number of thiocarbonyl (C=S) groups is 1. The summed E-state index contributed by atoms with van der Waals surface area (Å²) in [5.41, 5.74) is 6.48. The van der Waals surface area contributed by atoms with Crippen LogP contribution in [-0.4, -0.2) is 11.1 Å². The predicted molar refractivity (Wildman–Crippen MR) is 82.1 cm³/mol. The Labute approximate surface area is 122 Å². The summed E-state index contributed by atoms with van der Waals surface area (Å²) in [6, 6.07) is 5.81. The van der Waals surface area contributed by atoms with Crippen LogP contribution in [0.15, 0.2) is 22.7 Å². The summed E-state index contributed by atoms with van der Waals surface area (Å²) >= 11 is 8.45. The van der Waals surface area contributed by atoms with Crippen LogP contribution in [0.4, 0.5) is 0 Å². The molecule has 1 saturated carbocycles. The van der Waals surface area contributed by atoms with Gasteiger partial charge in [0.05, 0.1) is 6.10 Å². The van der Waals surface area contributed by atoms with Crippen LogP contribution >= 0.6 is 28.1 Å². The smallest absolute Gasteiger partial charge is 0.120 e. The van der Waals surface area contributed by atoms with Gasteiger partial charge in [0.15, 0.2) is 0 Å². The molecular weight excluding hydrogens is 310 g/mol. The van der Waals surface area contributed by atoms with Gasteiger partial charge in [-0.05, 0) is 59.3 Å². The highest BCUT2D eigenvalue weighted by atomic mass is 79.9. The van der Waals surface area contributed by atoms with Crippen LogP contribution in [0.5, 0.6) is 5.75 Å². The zero-order valence-corrected chi connectivity index (χ0v) is 12.9. The molecule has 1 fully saturated rings. The molecule has 0 saturated heterocycles. The van der Waals surface area contributed by atoms with Gasteiger partial charge in [-0.15, -0.1) is 0 Å². The molecule has 1 aliphatic carbocycles. The van der Waals surface area contributed by atoms with Gasteiger partial charge in [-0.2, -0.15) is 0 Å². The summed E-state index contributed by atoms with van der Waals surface area (Å²) < 4.78 is 6.93. The van der Waals surface area contributed by atoms with Crippen molar-refractivity contribution in [3.8, 4) is 5.75 Å². The van der Waals surface area contributed by atoms with Gasteiger partial charge in [-0.25, -0.2) is 0 Å². The first kappa shape index (κ1) is 13.8. The second kappa shape index (κ2) is 6.02. The van der Waals surface area contributed by atoms with Crippen molar-refractivity contribution in [2.75, 3.05) is 0 Å². The van der Waals surface area contributed by atoms with Gasteiger partial charge >= 0.3 is 0 Å². The lowest BCUT2D eigenvalue weighted by molar-refractivity contribution is 0.129. The molecule has 2 N–H and O–H groups in total. The molecular formula is C14H18BrNOS. The highest BCUT2D eigenvalue weighted by Crippen LogP contribution is 2.29. The fourth-order valence-corrected chi connectivity index (χ4v) is 3.33. The van der Waals surface area contributed by atoms with Crippen molar-refractivity contribution in [2.45, 2.75) is 38.7 Å². The molecule has 1 aliphatic rings. The highest BCUT2D eigenvalue weighted by Gasteiger charge is 2.20. The average molecular weight is 328 g/mol. The predicted octanol–water partition coefficient (Wildman–Crippen LogP) is 4.04. The Morgan fingerprint density at radius 3 is 2.83 bits per heavy atom. The SMILES string of the molecule is CC1CCCC(Oc2ccc(C(N)=S)c(Br)c2)C1. The van der Waals surface area contributed by atoms with Crippen LogP contribution in [0, 0.1) is 5.92 Å². The molecule has 0 aromatic heterocycles. The topological polar surface area (TPSA) is 35.2 Å². The van der Waals surface area contributed by atoms with E-state index < -0.39 is 0 Å². The molecule has 1 aromatic carbocycles. The third kappa shape index (κ3) is 3.45. The minimum Gasteiger partial charge on any atom is -0.490 e. The summed E-state index contributed by atoms with van der Waals surface area (Å²) in [6.45, 7) is 2.29. The Kier molecular flexibility index (Phi) is 4.62. The molecule has 4 heteroatoms. The number of nitrogens with two attached hydrogens (primary N) is 1. The second-order valence-electron chi connectivity index (χ2n) is 5.02. The van der Waals surface area contributed by atoms with E-state index >= 15 is 0 Å². The monoisotopic (exact) mass is 327 g/mol. The van der Waals surface area contributed by atoms with Gasteiger partial charge in [0.1, 0.15) is 10.7 Å². The quantitative estimate of drug-likeness (QED) is 0.851. The normalized spacial score (nSPS) is 23.7. The molecule has 1 aromatic rings. The van der Waals surface area contributed by atoms with Gasteiger partial charge in [0, 0.05) is 10.0 Å². The molecule has 98 valence electrons. The van der Waals surface area contributed by atoms with Crippen LogP contribution in [0.2, 0.25) is 0 Å². The molecule has 0 aliphatic heterocycles. The third-order valence-corrected chi connectivity index (χ3v) is 4.27.